The van der Waals surface area contributed by atoms with Gasteiger partial charge in [-0.05, 0) is 12.6 Å². The van der Waals surface area contributed by atoms with E-state index >= 15 is 0 Å². The van der Waals surface area contributed by atoms with Gasteiger partial charge < -0.3 is 17.7 Å². The predicted octanol–water partition coefficient (Wildman–Crippen LogP) is -1.33. The molecular weight excluding hydrogens is 231 g/mol. The van der Waals surface area contributed by atoms with Crippen molar-refractivity contribution in [1.29, 1.82) is 0 Å². The van der Waals surface area contributed by atoms with Crippen molar-refractivity contribution in [2.45, 2.75) is 6.92 Å². The smallest absolute Gasteiger partial charge is 0.465 e. The summed E-state index contributed by atoms with van der Waals surface area (Å²) in [6, 6.07) is 0. The van der Waals surface area contributed by atoms with Crippen molar-refractivity contribution >= 4 is 24.7 Å². The molecule has 0 aliphatic carbocycles. The van der Waals surface area contributed by atoms with Crippen LogP contribution in [-0.2, 0) is 9.53 Å². The van der Waals surface area contributed by atoms with E-state index in [0.717, 1.165) is 0 Å². The minimum Gasteiger partial charge on any atom is -0.465 e. The van der Waals surface area contributed by atoms with Crippen LogP contribution in [0.1, 0.15) is 6.92 Å². The van der Waals surface area contributed by atoms with E-state index in [2.05, 4.69) is 4.74 Å². The van der Waals surface area contributed by atoms with Gasteiger partial charge in [-0.15, -0.1) is 0 Å². The molecule has 72 valence electrons. The van der Waals surface area contributed by atoms with Gasteiger partial charge in [0, 0.05) is 0 Å². The SMILES string of the molecule is CCOC(=O)CSC[B-](F)(F)F.[K+]. The molecule has 0 spiro atoms. The van der Waals surface area contributed by atoms with Crippen LogP contribution in [0.4, 0.5) is 12.9 Å². The van der Waals surface area contributed by atoms with E-state index in [4.69, 9.17) is 0 Å². The molecule has 0 heterocycles. The molecule has 0 saturated carbocycles. The summed E-state index contributed by atoms with van der Waals surface area (Å²) >= 11 is 0.536. The largest absolute Gasteiger partial charge is 1.00 e. The van der Waals surface area contributed by atoms with Gasteiger partial charge in [-0.2, -0.15) is 11.8 Å². The Hall–Kier alpha value is 1.31. The molecule has 0 aromatic carbocycles. The maximum Gasteiger partial charge on any atom is 1.00 e. The third-order valence-corrected chi connectivity index (χ3v) is 1.89. The van der Waals surface area contributed by atoms with Crippen LogP contribution in [0.25, 0.3) is 0 Å². The normalized spacial score (nSPS) is 10.5. The Bertz CT molecular complexity index is 155. The fraction of sp³-hybridized carbons (Fsp3) is 0.800. The minimum atomic E-state index is -4.79. The molecule has 0 aromatic heterocycles. The van der Waals surface area contributed by atoms with Crippen LogP contribution in [0.3, 0.4) is 0 Å². The molecule has 0 aliphatic rings. The Kier molecular flexibility index (Phi) is 11.1. The van der Waals surface area contributed by atoms with E-state index in [1.165, 1.54) is 0 Å². The number of ether oxygens (including phenoxy) is 1. The van der Waals surface area contributed by atoms with Crippen molar-refractivity contribution in [3.8, 4) is 0 Å². The Morgan fingerprint density at radius 3 is 2.38 bits per heavy atom. The maximum absolute atomic E-state index is 11.6. The van der Waals surface area contributed by atoms with Gasteiger partial charge in [0.15, 0.2) is 0 Å². The quantitative estimate of drug-likeness (QED) is 0.440. The number of esters is 1. The fourth-order valence-corrected chi connectivity index (χ4v) is 1.11. The number of thioether (sulfide) groups is 1. The van der Waals surface area contributed by atoms with Crippen molar-refractivity contribution in [3.63, 3.8) is 0 Å². The molecule has 0 N–H and O–H groups in total. The van der Waals surface area contributed by atoms with Crippen LogP contribution < -0.4 is 51.4 Å². The van der Waals surface area contributed by atoms with Gasteiger partial charge in [0.2, 0.25) is 0 Å². The Labute approximate surface area is 122 Å². The summed E-state index contributed by atoms with van der Waals surface area (Å²) in [5, 5.41) is 0. The van der Waals surface area contributed by atoms with Gasteiger partial charge >= 0.3 is 64.3 Å². The molecule has 0 aromatic rings. The van der Waals surface area contributed by atoms with Crippen molar-refractivity contribution in [3.05, 3.63) is 0 Å². The second-order valence-electron chi connectivity index (χ2n) is 2.03. The van der Waals surface area contributed by atoms with E-state index in [9.17, 15) is 17.7 Å². The molecule has 0 amide bonds. The molecular formula is C5H9BF3KO2S. The molecule has 0 fully saturated rings. The second-order valence-corrected chi connectivity index (χ2v) is 3.06. The summed E-state index contributed by atoms with van der Waals surface area (Å²) in [7, 11) is 0. The van der Waals surface area contributed by atoms with Gasteiger partial charge in [0.1, 0.15) is 0 Å². The zero-order valence-corrected chi connectivity index (χ0v) is 11.5. The first-order valence-electron chi connectivity index (χ1n) is 3.40. The zero-order valence-electron chi connectivity index (χ0n) is 7.56. The average Bonchev–Trinajstić information content (AvgIpc) is 1.84. The van der Waals surface area contributed by atoms with Crippen molar-refractivity contribution in [2.75, 3.05) is 18.0 Å². The van der Waals surface area contributed by atoms with Crippen molar-refractivity contribution in [1.82, 2.24) is 0 Å². The first-order chi connectivity index (χ1) is 5.45. The molecule has 2 nitrogen and oxygen atoms in total. The molecule has 0 saturated heterocycles. The third-order valence-electron chi connectivity index (χ3n) is 0.832. The molecule has 0 aliphatic heterocycles. The molecule has 0 unspecified atom stereocenters. The summed E-state index contributed by atoms with van der Waals surface area (Å²) in [5.41, 5.74) is -0.946. The van der Waals surface area contributed by atoms with Gasteiger partial charge in [-0.25, -0.2) is 0 Å². The first kappa shape index (κ1) is 16.7. The van der Waals surface area contributed by atoms with Gasteiger partial charge in [0.05, 0.1) is 12.4 Å². The maximum atomic E-state index is 11.6. The van der Waals surface area contributed by atoms with E-state index in [1.807, 2.05) is 0 Å². The number of carbonyl (C=O) groups is 1. The Balaban J connectivity index is 0. The monoisotopic (exact) mass is 240 g/mol. The predicted molar refractivity (Wildman–Crippen MR) is 43.0 cm³/mol. The van der Waals surface area contributed by atoms with Crippen molar-refractivity contribution in [2.24, 2.45) is 0 Å². The third kappa shape index (κ3) is 13.3. The van der Waals surface area contributed by atoms with Crippen LogP contribution in [0.2, 0.25) is 0 Å². The average molecular weight is 240 g/mol. The molecule has 8 heteroatoms. The number of rotatable bonds is 5. The minimum absolute atomic E-state index is 0. The van der Waals surface area contributed by atoms with Gasteiger partial charge in [0.25, 0.3) is 0 Å². The number of hydrogen-bond acceptors (Lipinski definition) is 3. The first-order valence-corrected chi connectivity index (χ1v) is 4.55. The number of halogens is 3. The number of hydrogen-bond donors (Lipinski definition) is 0. The van der Waals surface area contributed by atoms with E-state index in [-0.39, 0.29) is 63.7 Å². The van der Waals surface area contributed by atoms with Crippen molar-refractivity contribution < 1.29 is 73.9 Å². The standard InChI is InChI=1S/C5H9BF3O2S.K/c1-2-11-5(10)3-12-4-6(7,8)9;/h2-4H2,1H3;/q-1;+1. The van der Waals surface area contributed by atoms with E-state index in [1.54, 1.807) is 6.92 Å². The molecule has 0 rings (SSSR count). The molecule has 13 heavy (non-hydrogen) atoms. The summed E-state index contributed by atoms with van der Waals surface area (Å²) in [5.74, 6) is -0.822. The van der Waals surface area contributed by atoms with Crippen LogP contribution in [0.5, 0.6) is 0 Å². The second kappa shape index (κ2) is 8.61. The molecule has 0 radical (unpaired) electrons. The van der Waals surface area contributed by atoms with E-state index in [0.29, 0.717) is 11.8 Å². The fourth-order valence-electron chi connectivity index (χ4n) is 0.479. The van der Waals surface area contributed by atoms with Gasteiger partial charge in [-0.3, -0.25) is 4.79 Å². The van der Waals surface area contributed by atoms with E-state index < -0.39 is 18.6 Å². The van der Waals surface area contributed by atoms with Crippen LogP contribution in [-0.4, -0.2) is 31.0 Å². The molecule has 0 atom stereocenters. The van der Waals surface area contributed by atoms with Crippen LogP contribution in [0.15, 0.2) is 0 Å². The molecule has 0 bridgehead atoms. The summed E-state index contributed by atoms with van der Waals surface area (Å²) in [6.45, 7) is -2.98. The Morgan fingerprint density at radius 1 is 1.46 bits per heavy atom. The van der Waals surface area contributed by atoms with Gasteiger partial charge in [-0.1, -0.05) is 0 Å². The number of carbonyl (C=O) groups excluding carboxylic acids is 1. The Morgan fingerprint density at radius 2 is 2.00 bits per heavy atom. The summed E-state index contributed by atoms with van der Waals surface area (Å²) in [6.07, 6.45) is 0. The summed E-state index contributed by atoms with van der Waals surface area (Å²) in [4.78, 5) is 10.5. The zero-order chi connectivity index (χ0) is 9.61. The summed E-state index contributed by atoms with van der Waals surface area (Å²) < 4.78 is 39.2. The van der Waals surface area contributed by atoms with Crippen LogP contribution >= 0.6 is 11.8 Å². The van der Waals surface area contributed by atoms with Crippen LogP contribution in [0, 0.1) is 0 Å². The topological polar surface area (TPSA) is 26.3 Å².